The first-order chi connectivity index (χ1) is 10.2. The monoisotopic (exact) mass is 296 g/mol. The van der Waals surface area contributed by atoms with Crippen molar-refractivity contribution in [3.63, 3.8) is 0 Å². The highest BCUT2D eigenvalue weighted by Gasteiger charge is 2.02. The number of carboxylic acid groups (broad SMARTS) is 1. The van der Waals surface area contributed by atoms with Gasteiger partial charge >= 0.3 is 5.97 Å². The van der Waals surface area contributed by atoms with E-state index in [1.807, 2.05) is 36.5 Å². The molecule has 0 aromatic rings. The summed E-state index contributed by atoms with van der Waals surface area (Å²) < 4.78 is 0. The molecular weight excluding hydrogens is 268 g/mol. The smallest absolute Gasteiger partial charge is 0.303 e. The zero-order valence-corrected chi connectivity index (χ0v) is 12.9. The van der Waals surface area contributed by atoms with Crippen molar-refractivity contribution in [1.29, 1.82) is 0 Å². The summed E-state index contributed by atoms with van der Waals surface area (Å²) in [7, 11) is 0. The lowest BCUT2D eigenvalue weighted by molar-refractivity contribution is -0.267. The second-order valence-electron chi connectivity index (χ2n) is 4.95. The summed E-state index contributed by atoms with van der Waals surface area (Å²) in [5, 5.41) is 17.2. The van der Waals surface area contributed by atoms with Crippen LogP contribution in [0, 0.1) is 0 Å². The van der Waals surface area contributed by atoms with Gasteiger partial charge in [0.25, 0.3) is 0 Å². The third-order valence-corrected chi connectivity index (χ3v) is 3.00. The van der Waals surface area contributed by atoms with Crippen LogP contribution in [-0.2, 0) is 9.68 Å². The van der Waals surface area contributed by atoms with Gasteiger partial charge in [-0.3, -0.25) is 10.1 Å². The first-order valence-electron chi connectivity index (χ1n) is 7.71. The summed E-state index contributed by atoms with van der Waals surface area (Å²) in [6.45, 7) is 2.14. The molecule has 0 fully saturated rings. The van der Waals surface area contributed by atoms with Gasteiger partial charge in [0.1, 0.15) is 6.10 Å². The Kier molecular flexibility index (Phi) is 14.0. The fraction of sp³-hybridized carbons (Fsp3) is 0.588. The number of allylic oxidation sites excluding steroid dienone is 5. The van der Waals surface area contributed by atoms with Gasteiger partial charge in [0.2, 0.25) is 0 Å². The molecule has 4 heteroatoms. The lowest BCUT2D eigenvalue weighted by Gasteiger charge is -2.07. The number of unbranched alkanes of at least 4 members (excludes halogenated alkanes) is 3. The summed E-state index contributed by atoms with van der Waals surface area (Å²) >= 11 is 0. The fourth-order valence-corrected chi connectivity index (χ4v) is 1.79. The minimum absolute atomic E-state index is 0.226. The minimum Gasteiger partial charge on any atom is -0.481 e. The van der Waals surface area contributed by atoms with E-state index >= 15 is 0 Å². The Morgan fingerprint density at radius 1 is 1.14 bits per heavy atom. The highest BCUT2D eigenvalue weighted by atomic mass is 17.1. The molecule has 0 saturated carbocycles. The average Bonchev–Trinajstić information content (AvgIpc) is 2.47. The van der Waals surface area contributed by atoms with Gasteiger partial charge < -0.3 is 5.11 Å². The summed E-state index contributed by atoms with van der Waals surface area (Å²) in [6, 6.07) is 0. The van der Waals surface area contributed by atoms with E-state index in [4.69, 9.17) is 10.4 Å². The average molecular weight is 296 g/mol. The molecule has 0 spiro atoms. The molecule has 1 atom stereocenters. The van der Waals surface area contributed by atoms with Crippen molar-refractivity contribution in [1.82, 2.24) is 0 Å². The van der Waals surface area contributed by atoms with Crippen molar-refractivity contribution in [2.24, 2.45) is 0 Å². The highest BCUT2D eigenvalue weighted by molar-refractivity contribution is 5.66. The molecule has 0 aliphatic heterocycles. The zero-order valence-electron chi connectivity index (χ0n) is 12.9. The molecule has 0 bridgehead atoms. The Morgan fingerprint density at radius 2 is 1.95 bits per heavy atom. The van der Waals surface area contributed by atoms with Gasteiger partial charge in [-0.05, 0) is 25.7 Å². The third kappa shape index (κ3) is 14.8. The van der Waals surface area contributed by atoms with Crippen LogP contribution >= 0.6 is 0 Å². The van der Waals surface area contributed by atoms with Gasteiger partial charge in [-0.25, -0.2) is 4.89 Å². The first kappa shape index (κ1) is 19.6. The van der Waals surface area contributed by atoms with Crippen LogP contribution in [0.3, 0.4) is 0 Å². The van der Waals surface area contributed by atoms with Crippen LogP contribution in [0.5, 0.6) is 0 Å². The predicted molar refractivity (Wildman–Crippen MR) is 85.2 cm³/mol. The summed E-state index contributed by atoms with van der Waals surface area (Å²) in [6.07, 6.45) is 18.2. The molecule has 21 heavy (non-hydrogen) atoms. The van der Waals surface area contributed by atoms with E-state index in [2.05, 4.69) is 11.8 Å². The van der Waals surface area contributed by atoms with Crippen molar-refractivity contribution in [2.75, 3.05) is 0 Å². The van der Waals surface area contributed by atoms with E-state index in [-0.39, 0.29) is 12.5 Å². The number of carboxylic acids is 1. The van der Waals surface area contributed by atoms with Crippen molar-refractivity contribution >= 4 is 5.97 Å². The Morgan fingerprint density at radius 3 is 2.62 bits per heavy atom. The van der Waals surface area contributed by atoms with Gasteiger partial charge in [-0.15, -0.1) is 0 Å². The topological polar surface area (TPSA) is 66.8 Å². The van der Waals surface area contributed by atoms with Gasteiger partial charge in [-0.1, -0.05) is 62.6 Å². The van der Waals surface area contributed by atoms with Crippen molar-refractivity contribution in [3.8, 4) is 0 Å². The Hall–Kier alpha value is -1.39. The maximum Gasteiger partial charge on any atom is 0.303 e. The Bertz CT molecular complexity index is 332. The maximum atomic E-state index is 10.3. The molecule has 2 N–H and O–H groups in total. The van der Waals surface area contributed by atoms with Crippen LogP contribution in [0.25, 0.3) is 0 Å². The van der Waals surface area contributed by atoms with Crippen LogP contribution in [0.4, 0.5) is 0 Å². The van der Waals surface area contributed by atoms with Crippen LogP contribution in [0.15, 0.2) is 36.5 Å². The molecule has 1 unspecified atom stereocenters. The molecule has 4 nitrogen and oxygen atoms in total. The lowest BCUT2D eigenvalue weighted by Crippen LogP contribution is -2.06. The first-order valence-corrected chi connectivity index (χ1v) is 7.71. The molecule has 120 valence electrons. The predicted octanol–water partition coefficient (Wildman–Crippen LogP) is 4.74. The molecule has 0 radical (unpaired) electrons. The molecule has 0 aliphatic carbocycles. The van der Waals surface area contributed by atoms with Gasteiger partial charge in [0.15, 0.2) is 0 Å². The molecule has 0 aromatic heterocycles. The van der Waals surface area contributed by atoms with Crippen molar-refractivity contribution < 1.29 is 20.0 Å². The minimum atomic E-state index is -0.743. The normalized spacial score (nSPS) is 13.6. The molecule has 0 rings (SSSR count). The molecular formula is C17H28O4. The van der Waals surface area contributed by atoms with Gasteiger partial charge in [0.05, 0.1) is 0 Å². The lowest BCUT2D eigenvalue weighted by atomic mass is 10.1. The third-order valence-electron chi connectivity index (χ3n) is 3.00. The highest BCUT2D eigenvalue weighted by Crippen LogP contribution is 2.07. The van der Waals surface area contributed by atoms with Crippen LogP contribution < -0.4 is 0 Å². The largest absolute Gasteiger partial charge is 0.481 e. The van der Waals surface area contributed by atoms with E-state index in [1.165, 1.54) is 0 Å². The molecule has 0 aromatic carbocycles. The van der Waals surface area contributed by atoms with E-state index < -0.39 is 5.97 Å². The Balaban J connectivity index is 3.70. The van der Waals surface area contributed by atoms with Crippen molar-refractivity contribution in [3.05, 3.63) is 36.5 Å². The number of rotatable bonds is 13. The van der Waals surface area contributed by atoms with Crippen molar-refractivity contribution in [2.45, 2.75) is 64.4 Å². The van der Waals surface area contributed by atoms with Crippen LogP contribution in [0.2, 0.25) is 0 Å². The van der Waals surface area contributed by atoms with Crippen LogP contribution in [0.1, 0.15) is 58.3 Å². The summed E-state index contributed by atoms with van der Waals surface area (Å²) in [4.78, 5) is 14.7. The number of carbonyl (C=O) groups is 1. The zero-order chi connectivity index (χ0) is 15.8. The van der Waals surface area contributed by atoms with E-state index in [0.717, 1.165) is 38.5 Å². The van der Waals surface area contributed by atoms with Crippen LogP contribution in [-0.4, -0.2) is 22.4 Å². The molecule has 0 heterocycles. The van der Waals surface area contributed by atoms with Gasteiger partial charge in [-0.2, -0.15) is 0 Å². The maximum absolute atomic E-state index is 10.3. The fourth-order valence-electron chi connectivity index (χ4n) is 1.79. The quantitative estimate of drug-likeness (QED) is 0.169. The van der Waals surface area contributed by atoms with E-state index in [9.17, 15) is 4.79 Å². The summed E-state index contributed by atoms with van der Waals surface area (Å²) in [5.41, 5.74) is 0. The van der Waals surface area contributed by atoms with Gasteiger partial charge in [0, 0.05) is 6.42 Å². The Labute approximate surface area is 127 Å². The van der Waals surface area contributed by atoms with E-state index in [0.29, 0.717) is 6.42 Å². The number of hydrogen-bond acceptors (Lipinski definition) is 3. The molecule has 0 saturated heterocycles. The second kappa shape index (κ2) is 15.0. The summed E-state index contributed by atoms with van der Waals surface area (Å²) in [5.74, 6) is -0.743. The number of aliphatic carboxylic acids is 1. The molecule has 0 aliphatic rings. The van der Waals surface area contributed by atoms with E-state index in [1.54, 1.807) is 0 Å². The SMILES string of the molecule is CCCCCC(/C=C/C=C/C/C=C/CCCC(=O)O)OO. The number of hydrogen-bond donors (Lipinski definition) is 2. The molecule has 0 amide bonds. The second-order valence-corrected chi connectivity index (χ2v) is 4.95. The standard InChI is InChI=1S/C17H28O4/c1-2-3-10-13-16(21-20)14-11-8-6-4-5-7-9-12-15-17(18)19/h5-8,11,14,16,20H,2-4,9-10,12-13,15H2,1H3,(H,18,19)/b7-5+,8-6+,14-11+.